The van der Waals surface area contributed by atoms with Crippen LogP contribution in [0.25, 0.3) is 0 Å². The van der Waals surface area contributed by atoms with Crippen molar-refractivity contribution in [1.82, 2.24) is 22.8 Å². The molecule has 0 atom stereocenters. The van der Waals surface area contributed by atoms with Gasteiger partial charge in [0, 0.05) is 122 Å². The molecule has 1 aromatic carbocycles. The zero-order valence-corrected chi connectivity index (χ0v) is 59.9. The number of hydrogen-bond donors (Lipinski definition) is 2. The molecule has 0 unspecified atom stereocenters. The number of aryl methyl sites for hydroxylation is 2. The molecular formula is C64H81ClF2N6O17S4. The van der Waals surface area contributed by atoms with E-state index in [-0.39, 0.29) is 115 Å². The van der Waals surface area contributed by atoms with E-state index in [0.717, 1.165) is 23.4 Å². The summed E-state index contributed by atoms with van der Waals surface area (Å²) in [6.07, 6.45) is 15.6. The fraction of sp³-hybridized carbons (Fsp3) is 0.422. The fourth-order valence-corrected chi connectivity index (χ4v) is 17.1. The highest BCUT2D eigenvalue weighted by atomic mass is 35.7. The Labute approximate surface area is 554 Å². The summed E-state index contributed by atoms with van der Waals surface area (Å²) in [5.74, 6) is 1.15. The Bertz CT molecular complexity index is 4490. The van der Waals surface area contributed by atoms with Crippen LogP contribution in [-0.2, 0) is 88.0 Å². The molecule has 514 valence electrons. The number of carbonyl (C=O) groups is 5. The van der Waals surface area contributed by atoms with Gasteiger partial charge in [-0.1, -0.05) is 0 Å². The van der Waals surface area contributed by atoms with Crippen molar-refractivity contribution < 1.29 is 85.7 Å². The van der Waals surface area contributed by atoms with E-state index in [4.69, 9.17) is 49.3 Å². The number of aromatic nitrogens is 5. The van der Waals surface area contributed by atoms with Gasteiger partial charge >= 0.3 is 23.9 Å². The minimum atomic E-state index is -3.87. The van der Waals surface area contributed by atoms with Crippen molar-refractivity contribution in [3.05, 3.63) is 121 Å². The van der Waals surface area contributed by atoms with E-state index in [9.17, 15) is 66.4 Å². The van der Waals surface area contributed by atoms with Gasteiger partial charge < -0.3 is 47.5 Å². The number of anilines is 1. The van der Waals surface area contributed by atoms with Crippen molar-refractivity contribution in [3.8, 4) is 37.0 Å². The van der Waals surface area contributed by atoms with Crippen LogP contribution in [0.3, 0.4) is 0 Å². The van der Waals surface area contributed by atoms with Crippen LogP contribution in [0.1, 0.15) is 149 Å². The van der Waals surface area contributed by atoms with Gasteiger partial charge in [-0.05, 0) is 119 Å². The molecule has 0 aliphatic rings. The maximum absolute atomic E-state index is 13.3. The van der Waals surface area contributed by atoms with Crippen LogP contribution in [0.5, 0.6) is 0 Å². The zero-order chi connectivity index (χ0) is 72.6. The van der Waals surface area contributed by atoms with Crippen molar-refractivity contribution in [2.45, 2.75) is 129 Å². The van der Waals surface area contributed by atoms with Crippen LogP contribution in [0.4, 0.5) is 14.5 Å². The summed E-state index contributed by atoms with van der Waals surface area (Å²) in [6, 6.07) is 4.94. The first-order valence-corrected chi connectivity index (χ1v) is 35.9. The fourth-order valence-electron chi connectivity index (χ4n) is 10.2. The number of carboxylic acid groups (broad SMARTS) is 1. The molecule has 30 heteroatoms. The molecule has 23 nitrogen and oxygen atoms in total. The van der Waals surface area contributed by atoms with Gasteiger partial charge in [-0.25, -0.2) is 61.6 Å². The number of aromatic carboxylic acids is 1. The normalized spacial score (nSPS) is 11.1. The highest BCUT2D eigenvalue weighted by Crippen LogP contribution is 2.32. The SMILES string of the molecule is C#CCCS(=O)(=O)c1c(C)c(C(=O)Nc2ccc(F)c(F)c2)n(C)c1C.C#CCCS(=O)(=O)c1c(C)c(C(=O)O)n(C)c1C.C#CCCS(=O)(=O)c1c(C)c(C(=O)OCC)n(C)c1C.CCOC(=O)c1c(C)c(S(=O)(=O)Cl)c(C)n1C.CCOC(=O)c1c(C)cc(C)n1C. The standard InChI is InChI=1S/C18H18F2N2O3S.C14H19NO4S.C12H15NO4S.C10H14ClNO4S.C10H15NO2/c1-5-6-9-26(24,25)17-11(2)16(22(4)12(17)3)18(23)21-13-7-8-14(19)15(20)10-13;1-6-8-9-20(17,18)13-10(3)12(14(16)19-7-2)15(5)11(13)4;1-5-6-7-18(16,17)11-8(2)10(12(14)15)13(4)9(11)3;1-5-16-10(13)8-6(2)9(17(11,14)15)7(3)12(8)4;1-5-13-10(12)9-7(2)6-8(3)11(9)4/h1,7-8,10H,6,9H2,2-4H3,(H,21,23);1H,7-9H2,2-5H3;1H,6-7H2,2-4H3,(H,14,15);5H2,1-4H3;6H,5H2,1-4H3. The van der Waals surface area contributed by atoms with Gasteiger partial charge in [0.2, 0.25) is 0 Å². The number of ether oxygens (including phenoxy) is 3. The van der Waals surface area contributed by atoms with E-state index in [1.54, 1.807) is 74.2 Å². The number of halogens is 3. The quantitative estimate of drug-likeness (QED) is 0.0330. The van der Waals surface area contributed by atoms with Crippen LogP contribution in [0.2, 0.25) is 0 Å². The third-order valence-electron chi connectivity index (χ3n) is 14.8. The van der Waals surface area contributed by atoms with Gasteiger partial charge in [0.05, 0.1) is 51.8 Å². The van der Waals surface area contributed by atoms with E-state index in [0.29, 0.717) is 46.2 Å². The lowest BCUT2D eigenvalue weighted by molar-refractivity contribution is 0.0504. The molecule has 0 saturated carbocycles. The van der Waals surface area contributed by atoms with Crippen LogP contribution < -0.4 is 5.32 Å². The first-order valence-electron chi connectivity index (χ1n) is 28.6. The van der Waals surface area contributed by atoms with Crippen LogP contribution in [0, 0.1) is 118 Å². The Balaban J connectivity index is 0.000000407. The summed E-state index contributed by atoms with van der Waals surface area (Å²) < 4.78 is 146. The number of hydrogen-bond acceptors (Lipinski definition) is 16. The monoisotopic (exact) mass is 1410 g/mol. The summed E-state index contributed by atoms with van der Waals surface area (Å²) in [5.41, 5.74) is 6.37. The van der Waals surface area contributed by atoms with Crippen LogP contribution >= 0.6 is 10.7 Å². The van der Waals surface area contributed by atoms with Crippen molar-refractivity contribution in [2.24, 2.45) is 35.2 Å². The topological polar surface area (TPSA) is 307 Å². The van der Waals surface area contributed by atoms with Crippen molar-refractivity contribution in [3.63, 3.8) is 0 Å². The second-order valence-corrected chi connectivity index (χ2v) is 29.6. The highest BCUT2D eigenvalue weighted by Gasteiger charge is 2.33. The second kappa shape index (κ2) is 34.1. The third kappa shape index (κ3) is 19.1. The average Bonchev–Trinajstić information content (AvgIpc) is 1.65. The number of esters is 3. The molecule has 0 aliphatic carbocycles. The Kier molecular flexibility index (Phi) is 29.7. The van der Waals surface area contributed by atoms with Crippen molar-refractivity contribution in [2.75, 3.05) is 42.4 Å². The number of rotatable bonds is 19. The van der Waals surface area contributed by atoms with Gasteiger partial charge in [0.25, 0.3) is 15.0 Å². The summed E-state index contributed by atoms with van der Waals surface area (Å²) in [6.45, 7) is 22.6. The zero-order valence-electron chi connectivity index (χ0n) is 55.9. The molecule has 0 bridgehead atoms. The van der Waals surface area contributed by atoms with E-state index < -0.39 is 74.0 Å². The molecule has 0 fully saturated rings. The lowest BCUT2D eigenvalue weighted by Gasteiger charge is -2.08. The van der Waals surface area contributed by atoms with Crippen molar-refractivity contribution in [1.29, 1.82) is 0 Å². The maximum atomic E-state index is 13.3. The summed E-state index contributed by atoms with van der Waals surface area (Å²) in [7, 11) is -1.03. The van der Waals surface area contributed by atoms with Gasteiger partial charge in [-0.3, -0.25) is 4.79 Å². The number of terminal acetylenes is 3. The van der Waals surface area contributed by atoms with E-state index in [1.807, 2.05) is 38.5 Å². The molecule has 0 spiro atoms. The summed E-state index contributed by atoms with van der Waals surface area (Å²) in [5, 5.41) is 11.5. The molecule has 6 aromatic rings. The van der Waals surface area contributed by atoms with E-state index >= 15 is 0 Å². The minimum absolute atomic E-state index is 0.00761. The lowest BCUT2D eigenvalue weighted by Crippen LogP contribution is -2.17. The number of nitrogens with zero attached hydrogens (tertiary/aromatic N) is 5. The molecule has 5 aromatic heterocycles. The average molecular weight is 1410 g/mol. The molecule has 0 aliphatic heterocycles. The number of amides is 1. The molecule has 0 saturated heterocycles. The predicted octanol–water partition coefficient (Wildman–Crippen LogP) is 9.29. The lowest BCUT2D eigenvalue weighted by atomic mass is 10.2. The number of sulfone groups is 3. The van der Waals surface area contributed by atoms with E-state index in [2.05, 4.69) is 23.1 Å². The number of nitrogens with one attached hydrogen (secondary N) is 1. The molecule has 5 heterocycles. The first kappa shape index (κ1) is 81.7. The molecule has 94 heavy (non-hydrogen) atoms. The molecule has 2 N–H and O–H groups in total. The second-order valence-electron chi connectivity index (χ2n) is 21.0. The summed E-state index contributed by atoms with van der Waals surface area (Å²) >= 11 is 0. The number of carbonyl (C=O) groups excluding carboxylic acids is 4. The number of benzene rings is 1. The predicted molar refractivity (Wildman–Crippen MR) is 353 cm³/mol. The van der Waals surface area contributed by atoms with Gasteiger partial charge in [0.15, 0.2) is 41.1 Å². The van der Waals surface area contributed by atoms with Crippen LogP contribution in [-0.4, -0.2) is 128 Å². The molecule has 0 radical (unpaired) electrons. The Hall–Kier alpha value is -8.40. The van der Waals surface area contributed by atoms with Gasteiger partial charge in [-0.2, -0.15) is 0 Å². The maximum Gasteiger partial charge on any atom is 0.355 e. The van der Waals surface area contributed by atoms with Gasteiger partial charge in [0.1, 0.15) is 33.4 Å². The van der Waals surface area contributed by atoms with Gasteiger partial charge in [-0.15, -0.1) is 37.0 Å². The minimum Gasteiger partial charge on any atom is -0.477 e. The highest BCUT2D eigenvalue weighted by molar-refractivity contribution is 8.13. The molecular weight excluding hydrogens is 1330 g/mol. The largest absolute Gasteiger partial charge is 0.477 e. The Morgan fingerprint density at radius 2 is 0.809 bits per heavy atom. The third-order valence-corrected chi connectivity index (χ3v) is 22.3. The first-order chi connectivity index (χ1) is 43.4. The smallest absolute Gasteiger partial charge is 0.355 e. The Morgan fingerprint density at radius 3 is 1.11 bits per heavy atom. The molecule has 6 rings (SSSR count). The van der Waals surface area contributed by atoms with Crippen molar-refractivity contribution >= 4 is 84.7 Å². The number of carboxylic acids is 1. The molecule has 1 amide bonds. The van der Waals surface area contributed by atoms with E-state index in [1.165, 1.54) is 47.6 Å². The Morgan fingerprint density at radius 1 is 0.489 bits per heavy atom. The summed E-state index contributed by atoms with van der Waals surface area (Å²) in [4.78, 5) is 59.1. The van der Waals surface area contributed by atoms with Crippen LogP contribution in [0.15, 0.2) is 43.8 Å².